The monoisotopic (exact) mass is 144 g/mol. The molecule has 0 aliphatic heterocycles. The van der Waals surface area contributed by atoms with Crippen molar-refractivity contribution in [3.8, 4) is 0 Å². The van der Waals surface area contributed by atoms with E-state index in [2.05, 4.69) is 0 Å². The first-order valence-electron chi connectivity index (χ1n) is 3.68. The average molecular weight is 144 g/mol. The van der Waals surface area contributed by atoms with Gasteiger partial charge in [-0.05, 0) is 24.8 Å². The Hall–Kier alpha value is -0.120. The second-order valence-corrected chi connectivity index (χ2v) is 3.17. The van der Waals surface area contributed by atoms with Crippen molar-refractivity contribution < 1.29 is 4.84 Å². The number of hydrogen-bond acceptors (Lipinski definition) is 3. The van der Waals surface area contributed by atoms with E-state index >= 15 is 0 Å². The van der Waals surface area contributed by atoms with Crippen molar-refractivity contribution in [3.05, 3.63) is 0 Å². The molecule has 0 radical (unpaired) electrons. The van der Waals surface area contributed by atoms with Crippen LogP contribution in [0.25, 0.3) is 0 Å². The lowest BCUT2D eigenvalue weighted by atomic mass is 10.1. The maximum Gasteiger partial charge on any atom is 0.0575 e. The smallest absolute Gasteiger partial charge is 0.0575 e. The van der Waals surface area contributed by atoms with Gasteiger partial charge in [-0.25, -0.2) is 0 Å². The maximum absolute atomic E-state index is 5.59. The third kappa shape index (κ3) is 1.68. The molecule has 0 aromatic carbocycles. The summed E-state index contributed by atoms with van der Waals surface area (Å²) in [5, 5.41) is 1.85. The Kier molecular flexibility index (Phi) is 2.28. The van der Waals surface area contributed by atoms with Crippen LogP contribution in [0.5, 0.6) is 0 Å². The van der Waals surface area contributed by atoms with Crippen molar-refractivity contribution in [2.24, 2.45) is 11.1 Å². The minimum Gasteiger partial charge on any atom is -0.330 e. The second-order valence-electron chi connectivity index (χ2n) is 3.17. The Morgan fingerprint density at radius 1 is 1.60 bits per heavy atom. The predicted octanol–water partition coefficient (Wildman–Crippen LogP) is 0.218. The molecule has 0 saturated heterocycles. The molecule has 0 spiro atoms. The average Bonchev–Trinajstić information content (AvgIpc) is 2.70. The third-order valence-electron chi connectivity index (χ3n) is 2.26. The van der Waals surface area contributed by atoms with Gasteiger partial charge in [-0.2, -0.15) is 5.06 Å². The molecule has 0 aromatic rings. The van der Waals surface area contributed by atoms with E-state index in [1.165, 1.54) is 12.8 Å². The van der Waals surface area contributed by atoms with Gasteiger partial charge < -0.3 is 10.6 Å². The molecular weight excluding hydrogens is 128 g/mol. The zero-order valence-corrected chi connectivity index (χ0v) is 6.76. The topological polar surface area (TPSA) is 38.5 Å². The Balaban J connectivity index is 2.23. The van der Waals surface area contributed by atoms with E-state index in [-0.39, 0.29) is 0 Å². The summed E-state index contributed by atoms with van der Waals surface area (Å²) in [6.07, 6.45) is 2.52. The van der Waals surface area contributed by atoms with E-state index in [0.717, 1.165) is 13.1 Å². The van der Waals surface area contributed by atoms with Gasteiger partial charge in [0.25, 0.3) is 0 Å². The molecule has 3 heteroatoms. The summed E-state index contributed by atoms with van der Waals surface area (Å²) in [4.78, 5) is 5.01. The normalized spacial score (nSPS) is 21.6. The molecule has 10 heavy (non-hydrogen) atoms. The number of nitrogens with zero attached hydrogens (tertiary/aromatic N) is 1. The van der Waals surface area contributed by atoms with Crippen LogP contribution in [0.4, 0.5) is 0 Å². The number of hydrogen-bond donors (Lipinski definition) is 1. The molecule has 1 aliphatic carbocycles. The quantitative estimate of drug-likeness (QED) is 0.573. The van der Waals surface area contributed by atoms with Gasteiger partial charge in [-0.3, -0.25) is 0 Å². The molecule has 0 heterocycles. The lowest BCUT2D eigenvalue weighted by Crippen LogP contribution is -2.30. The van der Waals surface area contributed by atoms with E-state index < -0.39 is 0 Å². The molecule has 60 valence electrons. The molecule has 1 aliphatic rings. The van der Waals surface area contributed by atoms with Crippen LogP contribution in [0.2, 0.25) is 0 Å². The van der Waals surface area contributed by atoms with Crippen molar-refractivity contribution in [2.45, 2.75) is 12.8 Å². The number of rotatable bonds is 4. The lowest BCUT2D eigenvalue weighted by molar-refractivity contribution is -0.120. The first-order valence-corrected chi connectivity index (χ1v) is 3.68. The highest BCUT2D eigenvalue weighted by molar-refractivity contribution is 4.94. The van der Waals surface area contributed by atoms with E-state index in [9.17, 15) is 0 Å². The van der Waals surface area contributed by atoms with E-state index in [0.29, 0.717) is 5.41 Å². The summed E-state index contributed by atoms with van der Waals surface area (Å²) in [7, 11) is 3.63. The standard InChI is InChI=1S/C7H16N2O/c1-9(10-2)6-7(5-8)3-4-7/h3-6,8H2,1-2H3. The van der Waals surface area contributed by atoms with Gasteiger partial charge in [0.2, 0.25) is 0 Å². The molecule has 1 saturated carbocycles. The third-order valence-corrected chi connectivity index (χ3v) is 2.26. The van der Waals surface area contributed by atoms with Gasteiger partial charge >= 0.3 is 0 Å². The summed E-state index contributed by atoms with van der Waals surface area (Å²) < 4.78 is 0. The van der Waals surface area contributed by atoms with Crippen LogP contribution >= 0.6 is 0 Å². The lowest BCUT2D eigenvalue weighted by Gasteiger charge is -2.19. The first-order chi connectivity index (χ1) is 4.72. The highest BCUT2D eigenvalue weighted by Crippen LogP contribution is 2.44. The fourth-order valence-corrected chi connectivity index (χ4v) is 1.14. The first kappa shape index (κ1) is 7.98. The zero-order chi connectivity index (χ0) is 7.61. The van der Waals surface area contributed by atoms with E-state index in [1.807, 2.05) is 12.1 Å². The fourth-order valence-electron chi connectivity index (χ4n) is 1.14. The van der Waals surface area contributed by atoms with Crippen molar-refractivity contribution in [1.82, 2.24) is 5.06 Å². The molecule has 0 atom stereocenters. The fraction of sp³-hybridized carbons (Fsp3) is 1.00. The molecule has 0 aromatic heterocycles. The minimum absolute atomic E-state index is 0.394. The molecule has 0 amide bonds. The van der Waals surface area contributed by atoms with Crippen LogP contribution in [0, 0.1) is 5.41 Å². The Bertz CT molecular complexity index is 112. The second kappa shape index (κ2) is 2.86. The van der Waals surface area contributed by atoms with Gasteiger partial charge in [0.1, 0.15) is 0 Å². The van der Waals surface area contributed by atoms with Crippen molar-refractivity contribution in [2.75, 3.05) is 27.2 Å². The van der Waals surface area contributed by atoms with Gasteiger partial charge in [0, 0.05) is 13.6 Å². The summed E-state index contributed by atoms with van der Waals surface area (Å²) in [5.74, 6) is 0. The van der Waals surface area contributed by atoms with Gasteiger partial charge in [-0.1, -0.05) is 0 Å². The van der Waals surface area contributed by atoms with Crippen LogP contribution in [-0.4, -0.2) is 32.3 Å². The molecule has 2 N–H and O–H groups in total. The molecule has 0 unspecified atom stereocenters. The molecule has 1 rings (SSSR count). The Morgan fingerprint density at radius 2 is 2.20 bits per heavy atom. The summed E-state index contributed by atoms with van der Waals surface area (Å²) >= 11 is 0. The van der Waals surface area contributed by atoms with Crippen molar-refractivity contribution in [3.63, 3.8) is 0 Å². The van der Waals surface area contributed by atoms with Crippen molar-refractivity contribution in [1.29, 1.82) is 0 Å². The maximum atomic E-state index is 5.59. The Morgan fingerprint density at radius 3 is 2.50 bits per heavy atom. The minimum atomic E-state index is 0.394. The molecule has 0 bridgehead atoms. The van der Waals surface area contributed by atoms with Crippen molar-refractivity contribution >= 4 is 0 Å². The summed E-state index contributed by atoms with van der Waals surface area (Å²) in [6, 6.07) is 0. The highest BCUT2D eigenvalue weighted by atomic mass is 16.7. The zero-order valence-electron chi connectivity index (χ0n) is 6.76. The molecule has 1 fully saturated rings. The van der Waals surface area contributed by atoms with Gasteiger partial charge in [0.15, 0.2) is 0 Å². The van der Waals surface area contributed by atoms with Gasteiger partial charge in [-0.15, -0.1) is 0 Å². The van der Waals surface area contributed by atoms with Crippen LogP contribution in [0.3, 0.4) is 0 Å². The SMILES string of the molecule is CON(C)CC1(CN)CC1. The summed E-state index contributed by atoms with van der Waals surface area (Å²) in [5.41, 5.74) is 5.98. The molecule has 3 nitrogen and oxygen atoms in total. The Labute approximate surface area is 62.1 Å². The largest absolute Gasteiger partial charge is 0.330 e. The van der Waals surface area contributed by atoms with Gasteiger partial charge in [0.05, 0.1) is 7.11 Å². The van der Waals surface area contributed by atoms with Crippen LogP contribution in [0.15, 0.2) is 0 Å². The molecular formula is C7H16N2O. The van der Waals surface area contributed by atoms with Crippen LogP contribution in [0.1, 0.15) is 12.8 Å². The highest BCUT2D eigenvalue weighted by Gasteiger charge is 2.42. The van der Waals surface area contributed by atoms with Crippen LogP contribution < -0.4 is 5.73 Å². The predicted molar refractivity (Wildman–Crippen MR) is 40.4 cm³/mol. The van der Waals surface area contributed by atoms with E-state index in [4.69, 9.17) is 10.6 Å². The summed E-state index contributed by atoms with van der Waals surface area (Å²) in [6.45, 7) is 1.76. The van der Waals surface area contributed by atoms with E-state index in [1.54, 1.807) is 7.11 Å². The number of nitrogens with two attached hydrogens (primary N) is 1. The van der Waals surface area contributed by atoms with Crippen LogP contribution in [-0.2, 0) is 4.84 Å². The number of hydroxylamine groups is 2.